The molecule has 1 amide bonds. The lowest BCUT2D eigenvalue weighted by Crippen LogP contribution is -2.59. The van der Waals surface area contributed by atoms with Crippen molar-refractivity contribution in [3.63, 3.8) is 0 Å². The van der Waals surface area contributed by atoms with E-state index < -0.39 is 5.72 Å². The summed E-state index contributed by atoms with van der Waals surface area (Å²) in [5.74, 6) is 2.45. The number of carbonyl (C=O) groups is 1. The van der Waals surface area contributed by atoms with Gasteiger partial charge in [0.1, 0.15) is 5.75 Å². The van der Waals surface area contributed by atoms with Crippen molar-refractivity contribution in [2.75, 3.05) is 19.9 Å². The first-order chi connectivity index (χ1) is 15.0. The van der Waals surface area contributed by atoms with E-state index in [1.807, 2.05) is 41.3 Å². The van der Waals surface area contributed by atoms with Crippen LogP contribution in [0.4, 0.5) is 0 Å². The summed E-state index contributed by atoms with van der Waals surface area (Å²) >= 11 is 6.33. The summed E-state index contributed by atoms with van der Waals surface area (Å²) in [6.07, 6.45) is 2.14. The van der Waals surface area contributed by atoms with Gasteiger partial charge < -0.3 is 19.1 Å². The molecule has 0 saturated carbocycles. The van der Waals surface area contributed by atoms with Gasteiger partial charge in [-0.1, -0.05) is 11.6 Å². The summed E-state index contributed by atoms with van der Waals surface area (Å²) in [6.45, 7) is 3.16. The van der Waals surface area contributed by atoms with Gasteiger partial charge in [0.2, 0.25) is 18.4 Å². The number of ether oxygens (including phenoxy) is 3. The summed E-state index contributed by atoms with van der Waals surface area (Å²) in [4.78, 5) is 13.7. The van der Waals surface area contributed by atoms with Gasteiger partial charge in [-0.15, -0.1) is 0 Å². The third-order valence-electron chi connectivity index (χ3n) is 6.65. The molecule has 1 fully saturated rings. The summed E-state index contributed by atoms with van der Waals surface area (Å²) in [5.41, 5.74) is 2.47. The van der Waals surface area contributed by atoms with Crippen molar-refractivity contribution in [1.29, 1.82) is 0 Å². The Morgan fingerprint density at radius 3 is 2.68 bits per heavy atom. The van der Waals surface area contributed by atoms with Crippen LogP contribution in [0.1, 0.15) is 43.4 Å². The van der Waals surface area contributed by atoms with Crippen LogP contribution in [0.25, 0.3) is 0 Å². The van der Waals surface area contributed by atoms with Gasteiger partial charge in [-0.2, -0.15) is 5.10 Å². The van der Waals surface area contributed by atoms with Crippen molar-refractivity contribution in [1.82, 2.24) is 9.91 Å². The van der Waals surface area contributed by atoms with E-state index in [9.17, 15) is 4.79 Å². The van der Waals surface area contributed by atoms with E-state index in [0.717, 1.165) is 40.5 Å². The second-order valence-electron chi connectivity index (χ2n) is 8.42. The van der Waals surface area contributed by atoms with Crippen molar-refractivity contribution in [3.8, 4) is 17.2 Å². The van der Waals surface area contributed by atoms with Gasteiger partial charge >= 0.3 is 0 Å². The van der Waals surface area contributed by atoms with E-state index in [2.05, 4.69) is 5.01 Å². The maximum absolute atomic E-state index is 11.9. The molecule has 2 aromatic carbocycles. The van der Waals surface area contributed by atoms with E-state index in [1.54, 1.807) is 6.92 Å². The van der Waals surface area contributed by atoms with Crippen LogP contribution in [0.15, 0.2) is 41.5 Å². The lowest BCUT2D eigenvalue weighted by Gasteiger charge is -2.51. The number of halogens is 1. The highest BCUT2D eigenvalue weighted by Crippen LogP contribution is 2.50. The zero-order valence-electron chi connectivity index (χ0n) is 17.1. The summed E-state index contributed by atoms with van der Waals surface area (Å²) < 4.78 is 17.6. The average molecular weight is 440 g/mol. The molecule has 6 rings (SSSR count). The minimum Gasteiger partial charge on any atom is -0.466 e. The molecular formula is C23H22ClN3O4. The summed E-state index contributed by atoms with van der Waals surface area (Å²) in [5, 5.41) is 7.86. The number of rotatable bonds is 1. The van der Waals surface area contributed by atoms with Crippen molar-refractivity contribution in [3.05, 3.63) is 52.5 Å². The lowest BCUT2D eigenvalue weighted by atomic mass is 9.90. The molecule has 8 heteroatoms. The highest BCUT2D eigenvalue weighted by Gasteiger charge is 2.52. The van der Waals surface area contributed by atoms with Gasteiger partial charge in [-0.05, 0) is 36.4 Å². The fraction of sp³-hybridized carbons (Fsp3) is 0.391. The molecule has 2 aromatic rings. The molecule has 1 atom stereocenters. The van der Waals surface area contributed by atoms with Gasteiger partial charge in [0.25, 0.3) is 0 Å². The molecule has 160 valence electrons. The molecule has 1 saturated heterocycles. The molecule has 4 aliphatic rings. The molecule has 4 heterocycles. The molecule has 0 N–H and O–H groups in total. The Bertz CT molecular complexity index is 1110. The zero-order chi connectivity index (χ0) is 21.2. The number of hydrogen-bond donors (Lipinski definition) is 0. The van der Waals surface area contributed by atoms with Gasteiger partial charge in [-0.3, -0.25) is 4.79 Å². The van der Waals surface area contributed by atoms with Crippen LogP contribution in [0.3, 0.4) is 0 Å². The maximum Gasteiger partial charge on any atom is 0.231 e. The first-order valence-corrected chi connectivity index (χ1v) is 10.9. The number of piperidine rings is 1. The van der Waals surface area contributed by atoms with E-state index in [4.69, 9.17) is 30.9 Å². The molecule has 4 aliphatic heterocycles. The van der Waals surface area contributed by atoms with Gasteiger partial charge in [0.15, 0.2) is 11.5 Å². The summed E-state index contributed by atoms with van der Waals surface area (Å²) in [6, 6.07) is 11.8. The topological polar surface area (TPSA) is 63.6 Å². The van der Waals surface area contributed by atoms with Gasteiger partial charge in [-0.25, -0.2) is 5.01 Å². The maximum atomic E-state index is 11.9. The van der Waals surface area contributed by atoms with Crippen molar-refractivity contribution in [2.45, 2.75) is 38.0 Å². The van der Waals surface area contributed by atoms with Crippen LogP contribution in [0, 0.1) is 0 Å². The van der Waals surface area contributed by atoms with Crippen molar-refractivity contribution in [2.24, 2.45) is 5.10 Å². The second-order valence-corrected chi connectivity index (χ2v) is 8.85. The quantitative estimate of drug-likeness (QED) is 0.673. The number of likely N-dealkylation sites (tertiary alicyclic amines) is 1. The molecule has 0 radical (unpaired) electrons. The Kier molecular flexibility index (Phi) is 4.12. The standard InChI is InChI=1S/C23H22ClN3O4/c1-14(28)26-8-6-23(7-9-26)27-19(17-11-16(24)3-5-20(17)31-23)12-18(25-27)15-2-4-21-22(10-15)30-13-29-21/h2-5,10-11,19H,6-9,12-13H2,1H3. The van der Waals surface area contributed by atoms with Gasteiger partial charge in [0, 0.05) is 55.4 Å². The third kappa shape index (κ3) is 2.94. The molecule has 7 nitrogen and oxygen atoms in total. The zero-order valence-corrected chi connectivity index (χ0v) is 17.9. The molecule has 1 unspecified atom stereocenters. The minimum absolute atomic E-state index is 0.0340. The second kappa shape index (κ2) is 6.79. The number of nitrogens with zero attached hydrogens (tertiary/aromatic N) is 3. The Labute approximate surface area is 185 Å². The van der Waals surface area contributed by atoms with E-state index >= 15 is 0 Å². The molecule has 1 spiro atoms. The SMILES string of the molecule is CC(=O)N1CCC2(CC1)Oc1ccc(Cl)cc1C1CC(c3ccc4c(c3)OCO4)=NN12. The van der Waals surface area contributed by atoms with Crippen LogP contribution in [0.5, 0.6) is 17.2 Å². The fourth-order valence-corrected chi connectivity index (χ4v) is 5.19. The lowest BCUT2D eigenvalue weighted by molar-refractivity contribution is -0.158. The number of carbonyl (C=O) groups excluding carboxylic acids is 1. The monoisotopic (exact) mass is 439 g/mol. The Morgan fingerprint density at radius 2 is 1.87 bits per heavy atom. The van der Waals surface area contributed by atoms with Crippen LogP contribution < -0.4 is 14.2 Å². The van der Waals surface area contributed by atoms with Crippen molar-refractivity contribution < 1.29 is 19.0 Å². The van der Waals surface area contributed by atoms with Crippen LogP contribution in [0.2, 0.25) is 5.02 Å². The summed E-state index contributed by atoms with van der Waals surface area (Å²) in [7, 11) is 0. The molecular weight excluding hydrogens is 418 g/mol. The molecule has 0 bridgehead atoms. The van der Waals surface area contributed by atoms with Crippen molar-refractivity contribution >= 4 is 23.2 Å². The molecule has 0 aromatic heterocycles. The van der Waals surface area contributed by atoms with Crippen LogP contribution in [-0.4, -0.2) is 47.1 Å². The minimum atomic E-state index is -0.574. The third-order valence-corrected chi connectivity index (χ3v) is 6.89. The van der Waals surface area contributed by atoms with Gasteiger partial charge in [0.05, 0.1) is 11.8 Å². The Morgan fingerprint density at radius 1 is 1.10 bits per heavy atom. The number of benzene rings is 2. The Balaban J connectivity index is 1.40. The smallest absolute Gasteiger partial charge is 0.231 e. The molecule has 31 heavy (non-hydrogen) atoms. The van der Waals surface area contributed by atoms with E-state index in [-0.39, 0.29) is 18.7 Å². The number of hydrazone groups is 1. The van der Waals surface area contributed by atoms with E-state index in [1.165, 1.54) is 0 Å². The van der Waals surface area contributed by atoms with Crippen LogP contribution in [-0.2, 0) is 4.79 Å². The number of fused-ring (bicyclic) bond motifs is 5. The first kappa shape index (κ1) is 18.8. The van der Waals surface area contributed by atoms with Crippen LogP contribution >= 0.6 is 11.6 Å². The van der Waals surface area contributed by atoms with E-state index in [0.29, 0.717) is 31.0 Å². The number of hydrogen-bond acceptors (Lipinski definition) is 6. The molecule has 0 aliphatic carbocycles. The fourth-order valence-electron chi connectivity index (χ4n) is 5.00. The predicted molar refractivity (Wildman–Crippen MR) is 115 cm³/mol. The first-order valence-electron chi connectivity index (χ1n) is 10.5. The highest BCUT2D eigenvalue weighted by molar-refractivity contribution is 6.30. The predicted octanol–water partition coefficient (Wildman–Crippen LogP) is 3.95. The average Bonchev–Trinajstić information content (AvgIpc) is 3.42. The number of amides is 1. The largest absolute Gasteiger partial charge is 0.466 e. The highest BCUT2D eigenvalue weighted by atomic mass is 35.5. The Hall–Kier alpha value is -2.93. The normalized spacial score (nSPS) is 22.6.